The van der Waals surface area contributed by atoms with E-state index in [1.54, 1.807) is 12.4 Å². The van der Waals surface area contributed by atoms with E-state index in [1.807, 2.05) is 18.2 Å². The lowest BCUT2D eigenvalue weighted by molar-refractivity contribution is 0.694. The fraction of sp³-hybridized carbons (Fsp3) is 0.182. The van der Waals surface area contributed by atoms with Gasteiger partial charge in [0.05, 0.1) is 5.02 Å². The second kappa shape index (κ2) is 4.99. The van der Waals surface area contributed by atoms with Gasteiger partial charge < -0.3 is 10.7 Å². The van der Waals surface area contributed by atoms with Crippen molar-refractivity contribution >= 4 is 27.5 Å². The van der Waals surface area contributed by atoms with E-state index in [0.717, 1.165) is 15.9 Å². The van der Waals surface area contributed by atoms with E-state index in [2.05, 4.69) is 25.9 Å². The Morgan fingerprint density at radius 2 is 2.31 bits per heavy atom. The zero-order chi connectivity index (χ0) is 11.5. The summed E-state index contributed by atoms with van der Waals surface area (Å²) in [7, 11) is 0. The maximum absolute atomic E-state index is 6.07. The van der Waals surface area contributed by atoms with Gasteiger partial charge in [-0.1, -0.05) is 17.7 Å². The van der Waals surface area contributed by atoms with Crippen LogP contribution in [-0.2, 0) is 6.42 Å². The number of aromatic amines is 1. The van der Waals surface area contributed by atoms with Crippen LogP contribution in [-0.4, -0.2) is 9.97 Å². The fourth-order valence-electron chi connectivity index (χ4n) is 1.48. The minimum atomic E-state index is -0.100. The van der Waals surface area contributed by atoms with Gasteiger partial charge in [-0.05, 0) is 33.6 Å². The summed E-state index contributed by atoms with van der Waals surface area (Å²) in [4.78, 5) is 7.17. The smallest absolute Gasteiger partial charge is 0.107 e. The summed E-state index contributed by atoms with van der Waals surface area (Å²) >= 11 is 9.36. The van der Waals surface area contributed by atoms with Gasteiger partial charge in [-0.25, -0.2) is 4.98 Å². The van der Waals surface area contributed by atoms with Gasteiger partial charge in [0.1, 0.15) is 5.82 Å². The lowest BCUT2D eigenvalue weighted by Gasteiger charge is -2.11. The first-order chi connectivity index (χ1) is 7.66. The van der Waals surface area contributed by atoms with Crippen LogP contribution in [0.2, 0.25) is 5.02 Å². The van der Waals surface area contributed by atoms with Crippen molar-refractivity contribution in [2.24, 2.45) is 5.73 Å². The van der Waals surface area contributed by atoms with Crippen molar-refractivity contribution in [1.82, 2.24) is 9.97 Å². The van der Waals surface area contributed by atoms with E-state index in [4.69, 9.17) is 17.3 Å². The molecule has 0 bridgehead atoms. The van der Waals surface area contributed by atoms with E-state index in [0.29, 0.717) is 11.4 Å². The number of nitrogens with zero attached hydrogens (tertiary/aromatic N) is 1. The summed E-state index contributed by atoms with van der Waals surface area (Å²) in [5.41, 5.74) is 7.08. The Bertz CT molecular complexity index is 470. The van der Waals surface area contributed by atoms with Gasteiger partial charge >= 0.3 is 0 Å². The number of hydrogen-bond acceptors (Lipinski definition) is 2. The summed E-state index contributed by atoms with van der Waals surface area (Å²) in [5, 5.41) is 0.674. The van der Waals surface area contributed by atoms with Crippen LogP contribution in [0.4, 0.5) is 0 Å². The molecule has 1 atom stereocenters. The zero-order valence-corrected chi connectivity index (χ0v) is 10.8. The Kier molecular flexibility index (Phi) is 3.63. The van der Waals surface area contributed by atoms with Crippen LogP contribution in [0.15, 0.2) is 35.1 Å². The molecular weight excluding hydrogens is 289 g/mol. The molecular formula is C11H11BrClN3. The number of H-pyrrole nitrogens is 1. The predicted octanol–water partition coefficient (Wildman–Crippen LogP) is 3.07. The first-order valence-electron chi connectivity index (χ1n) is 4.85. The standard InChI is InChI=1S/C11H11BrClN3/c12-8-2-1-7(5-9(8)13)10(14)6-11-15-3-4-16-11/h1-5,10H,6,14H2,(H,15,16). The number of rotatable bonds is 3. The molecule has 2 rings (SSSR count). The molecule has 16 heavy (non-hydrogen) atoms. The largest absolute Gasteiger partial charge is 0.349 e. The maximum atomic E-state index is 6.07. The van der Waals surface area contributed by atoms with Crippen molar-refractivity contribution in [2.75, 3.05) is 0 Å². The molecule has 0 fully saturated rings. The average molecular weight is 301 g/mol. The molecule has 0 saturated carbocycles. The fourth-order valence-corrected chi connectivity index (χ4v) is 1.91. The van der Waals surface area contributed by atoms with E-state index in [-0.39, 0.29) is 6.04 Å². The van der Waals surface area contributed by atoms with E-state index in [1.165, 1.54) is 0 Å². The van der Waals surface area contributed by atoms with Gasteiger partial charge in [-0.3, -0.25) is 0 Å². The quantitative estimate of drug-likeness (QED) is 0.915. The number of halogens is 2. The van der Waals surface area contributed by atoms with E-state index < -0.39 is 0 Å². The Morgan fingerprint density at radius 1 is 1.50 bits per heavy atom. The zero-order valence-electron chi connectivity index (χ0n) is 8.45. The van der Waals surface area contributed by atoms with Gasteiger partial charge in [0, 0.05) is 29.3 Å². The van der Waals surface area contributed by atoms with Crippen molar-refractivity contribution in [3.8, 4) is 0 Å². The molecule has 0 radical (unpaired) electrons. The van der Waals surface area contributed by atoms with Crippen LogP contribution in [0.1, 0.15) is 17.4 Å². The van der Waals surface area contributed by atoms with Crippen LogP contribution in [0.3, 0.4) is 0 Å². The number of nitrogens with two attached hydrogens (primary N) is 1. The molecule has 84 valence electrons. The number of aromatic nitrogens is 2. The average Bonchev–Trinajstić information content (AvgIpc) is 2.74. The second-order valence-electron chi connectivity index (χ2n) is 3.52. The molecule has 2 aromatic rings. The monoisotopic (exact) mass is 299 g/mol. The van der Waals surface area contributed by atoms with Crippen LogP contribution < -0.4 is 5.73 Å². The molecule has 0 saturated heterocycles. The number of nitrogens with one attached hydrogen (secondary N) is 1. The molecule has 1 aromatic heterocycles. The maximum Gasteiger partial charge on any atom is 0.107 e. The first kappa shape index (κ1) is 11.6. The minimum Gasteiger partial charge on any atom is -0.349 e. The van der Waals surface area contributed by atoms with E-state index >= 15 is 0 Å². The molecule has 3 nitrogen and oxygen atoms in total. The van der Waals surface area contributed by atoms with Gasteiger partial charge in [0.15, 0.2) is 0 Å². The van der Waals surface area contributed by atoms with Crippen molar-refractivity contribution in [2.45, 2.75) is 12.5 Å². The van der Waals surface area contributed by atoms with Crippen LogP contribution in [0.5, 0.6) is 0 Å². The van der Waals surface area contributed by atoms with Crippen molar-refractivity contribution in [3.05, 3.63) is 51.5 Å². The van der Waals surface area contributed by atoms with Crippen molar-refractivity contribution in [3.63, 3.8) is 0 Å². The summed E-state index contributed by atoms with van der Waals surface area (Å²) in [6.45, 7) is 0. The molecule has 1 unspecified atom stereocenters. The molecule has 0 amide bonds. The van der Waals surface area contributed by atoms with Crippen molar-refractivity contribution < 1.29 is 0 Å². The number of benzene rings is 1. The van der Waals surface area contributed by atoms with Gasteiger partial charge in [0.25, 0.3) is 0 Å². The molecule has 1 heterocycles. The highest BCUT2D eigenvalue weighted by Gasteiger charge is 2.10. The third kappa shape index (κ3) is 2.64. The molecule has 1 aromatic carbocycles. The van der Waals surface area contributed by atoms with Crippen LogP contribution in [0.25, 0.3) is 0 Å². The minimum absolute atomic E-state index is 0.100. The summed E-state index contributed by atoms with van der Waals surface area (Å²) < 4.78 is 0.878. The molecule has 0 spiro atoms. The van der Waals surface area contributed by atoms with Gasteiger partial charge in [-0.2, -0.15) is 0 Å². The number of imidazole rings is 1. The SMILES string of the molecule is NC(Cc1ncc[nH]1)c1ccc(Br)c(Cl)c1. The lowest BCUT2D eigenvalue weighted by Crippen LogP contribution is -2.14. The second-order valence-corrected chi connectivity index (χ2v) is 4.78. The predicted molar refractivity (Wildman–Crippen MR) is 68.4 cm³/mol. The van der Waals surface area contributed by atoms with E-state index in [9.17, 15) is 0 Å². The Balaban J connectivity index is 2.14. The van der Waals surface area contributed by atoms with Gasteiger partial charge in [0.2, 0.25) is 0 Å². The van der Waals surface area contributed by atoms with Crippen LogP contribution >= 0.6 is 27.5 Å². The van der Waals surface area contributed by atoms with Crippen LogP contribution in [0, 0.1) is 0 Å². The first-order valence-corrected chi connectivity index (χ1v) is 6.02. The highest BCUT2D eigenvalue weighted by atomic mass is 79.9. The Morgan fingerprint density at radius 3 is 2.94 bits per heavy atom. The summed E-state index contributed by atoms with van der Waals surface area (Å²) in [6, 6.07) is 5.64. The Labute approximate surface area is 107 Å². The molecule has 3 N–H and O–H groups in total. The Hall–Kier alpha value is -0.840. The van der Waals surface area contributed by atoms with Crippen molar-refractivity contribution in [1.29, 1.82) is 0 Å². The molecule has 5 heteroatoms. The highest BCUT2D eigenvalue weighted by Crippen LogP contribution is 2.26. The number of hydrogen-bond donors (Lipinski definition) is 2. The molecule has 0 aliphatic carbocycles. The highest BCUT2D eigenvalue weighted by molar-refractivity contribution is 9.10. The third-order valence-corrected chi connectivity index (χ3v) is 3.57. The lowest BCUT2D eigenvalue weighted by atomic mass is 10.0. The third-order valence-electron chi connectivity index (χ3n) is 2.34. The van der Waals surface area contributed by atoms with Gasteiger partial charge in [-0.15, -0.1) is 0 Å². The normalized spacial score (nSPS) is 12.7. The topological polar surface area (TPSA) is 54.7 Å². The molecule has 0 aliphatic rings. The summed E-state index contributed by atoms with van der Waals surface area (Å²) in [5.74, 6) is 0.881. The summed E-state index contributed by atoms with van der Waals surface area (Å²) in [6.07, 6.45) is 4.18. The molecule has 0 aliphatic heterocycles.